The molecule has 116 valence electrons. The van der Waals surface area contributed by atoms with E-state index in [1.807, 2.05) is 13.8 Å². The number of carbonyl (C=O) groups is 2. The topological polar surface area (TPSA) is 93.2 Å². The van der Waals surface area contributed by atoms with Gasteiger partial charge in [-0.2, -0.15) is 5.10 Å². The number of rotatable bonds is 5. The Kier molecular flexibility index (Phi) is 4.62. The fourth-order valence-electron chi connectivity index (χ4n) is 2.40. The number of aromatic nitrogens is 2. The molecule has 1 aromatic heterocycles. The second kappa shape index (κ2) is 6.26. The Bertz CT molecular complexity index is 527. The van der Waals surface area contributed by atoms with E-state index in [4.69, 9.17) is 5.73 Å². The highest BCUT2D eigenvalue weighted by molar-refractivity contribution is 6.01. The van der Waals surface area contributed by atoms with Gasteiger partial charge in [-0.15, -0.1) is 0 Å². The zero-order valence-electron chi connectivity index (χ0n) is 12.7. The van der Waals surface area contributed by atoms with E-state index < -0.39 is 12.1 Å². The molecule has 2 heterocycles. The maximum atomic E-state index is 12.3. The van der Waals surface area contributed by atoms with E-state index in [-0.39, 0.29) is 17.7 Å². The fraction of sp³-hybridized carbons (Fsp3) is 0.643. The van der Waals surface area contributed by atoms with Crippen LogP contribution in [0.25, 0.3) is 0 Å². The van der Waals surface area contributed by atoms with Crippen molar-refractivity contribution in [1.82, 2.24) is 15.1 Å². The lowest BCUT2D eigenvalue weighted by atomic mass is 9.99. The average Bonchev–Trinajstić information content (AvgIpc) is 3.04. The van der Waals surface area contributed by atoms with Crippen molar-refractivity contribution in [2.75, 3.05) is 11.4 Å². The van der Waals surface area contributed by atoms with Gasteiger partial charge in [-0.1, -0.05) is 20.3 Å². The highest BCUT2D eigenvalue weighted by atomic mass is 16.2. The number of nitrogens with two attached hydrogens (primary N) is 1. The predicted molar refractivity (Wildman–Crippen MR) is 79.5 cm³/mol. The Labute approximate surface area is 124 Å². The second-order valence-electron chi connectivity index (χ2n) is 5.62. The summed E-state index contributed by atoms with van der Waals surface area (Å²) in [6, 6.07) is -1.07. The highest BCUT2D eigenvalue weighted by Gasteiger charge is 2.35. The van der Waals surface area contributed by atoms with E-state index in [0.29, 0.717) is 13.0 Å². The van der Waals surface area contributed by atoms with Gasteiger partial charge in [0.1, 0.15) is 6.04 Å². The quantitative estimate of drug-likeness (QED) is 0.800. The molecule has 3 N–H and O–H groups in total. The molecule has 3 atom stereocenters. The summed E-state index contributed by atoms with van der Waals surface area (Å²) in [5.74, 6) is -0.264. The third-order valence-corrected chi connectivity index (χ3v) is 4.08. The van der Waals surface area contributed by atoms with Crippen molar-refractivity contribution in [3.05, 3.63) is 12.4 Å². The Morgan fingerprint density at radius 2 is 2.33 bits per heavy atom. The van der Waals surface area contributed by atoms with Gasteiger partial charge in [-0.3, -0.25) is 14.3 Å². The summed E-state index contributed by atoms with van der Waals surface area (Å²) >= 11 is 0. The van der Waals surface area contributed by atoms with Crippen molar-refractivity contribution >= 4 is 17.5 Å². The molecule has 0 bridgehead atoms. The summed E-state index contributed by atoms with van der Waals surface area (Å²) in [5.41, 5.74) is 6.65. The molecule has 3 unspecified atom stereocenters. The molecular weight excluding hydrogens is 270 g/mol. The number of nitrogens with zero attached hydrogens (tertiary/aromatic N) is 3. The standard InChI is InChI=1S/C14H23N5O2/c1-4-9(2)12(15)13(20)17-11-5-6-19(14(11)21)10-7-16-18(3)8-10/h7-9,11-12H,4-6,15H2,1-3H3,(H,17,20). The molecule has 1 saturated heterocycles. The maximum absolute atomic E-state index is 12.3. The van der Waals surface area contributed by atoms with E-state index in [1.54, 1.807) is 29.0 Å². The van der Waals surface area contributed by atoms with Crippen molar-refractivity contribution in [2.24, 2.45) is 18.7 Å². The molecule has 1 fully saturated rings. The largest absolute Gasteiger partial charge is 0.343 e. The molecule has 2 rings (SSSR count). The van der Waals surface area contributed by atoms with Crippen LogP contribution in [0.5, 0.6) is 0 Å². The third-order valence-electron chi connectivity index (χ3n) is 4.08. The van der Waals surface area contributed by atoms with E-state index >= 15 is 0 Å². The number of nitrogens with one attached hydrogen (secondary N) is 1. The first-order chi connectivity index (χ1) is 9.93. The van der Waals surface area contributed by atoms with E-state index in [9.17, 15) is 9.59 Å². The fourth-order valence-corrected chi connectivity index (χ4v) is 2.40. The Balaban J connectivity index is 1.97. The second-order valence-corrected chi connectivity index (χ2v) is 5.62. The zero-order chi connectivity index (χ0) is 15.6. The van der Waals surface area contributed by atoms with Crippen molar-refractivity contribution in [3.63, 3.8) is 0 Å². The number of hydrogen-bond acceptors (Lipinski definition) is 4. The van der Waals surface area contributed by atoms with E-state index in [1.165, 1.54) is 0 Å². The Morgan fingerprint density at radius 1 is 1.62 bits per heavy atom. The first kappa shape index (κ1) is 15.5. The molecule has 7 nitrogen and oxygen atoms in total. The first-order valence-electron chi connectivity index (χ1n) is 7.30. The summed E-state index contributed by atoms with van der Waals surface area (Å²) in [6.07, 6.45) is 4.85. The lowest BCUT2D eigenvalue weighted by Gasteiger charge is -2.20. The van der Waals surface area contributed by atoms with Crippen LogP contribution in [0.15, 0.2) is 12.4 Å². The lowest BCUT2D eigenvalue weighted by molar-refractivity contribution is -0.128. The highest BCUT2D eigenvalue weighted by Crippen LogP contribution is 2.20. The zero-order valence-corrected chi connectivity index (χ0v) is 12.7. The van der Waals surface area contributed by atoms with Crippen molar-refractivity contribution < 1.29 is 9.59 Å². The maximum Gasteiger partial charge on any atom is 0.249 e. The SMILES string of the molecule is CCC(C)C(N)C(=O)NC1CCN(c2cnn(C)c2)C1=O. The van der Waals surface area contributed by atoms with Gasteiger partial charge in [-0.25, -0.2) is 0 Å². The van der Waals surface area contributed by atoms with Gasteiger partial charge in [0.25, 0.3) is 0 Å². The van der Waals surface area contributed by atoms with Crippen molar-refractivity contribution in [2.45, 2.75) is 38.8 Å². The molecule has 0 aliphatic carbocycles. The summed E-state index contributed by atoms with van der Waals surface area (Å²) in [5, 5.41) is 6.83. The predicted octanol–water partition coefficient (Wildman–Crippen LogP) is 0.0150. The van der Waals surface area contributed by atoms with Gasteiger partial charge in [0.2, 0.25) is 11.8 Å². The average molecular weight is 293 g/mol. The van der Waals surface area contributed by atoms with Crippen molar-refractivity contribution in [3.8, 4) is 0 Å². The Morgan fingerprint density at radius 3 is 2.90 bits per heavy atom. The van der Waals surface area contributed by atoms with Crippen LogP contribution in [0.3, 0.4) is 0 Å². The monoisotopic (exact) mass is 293 g/mol. The van der Waals surface area contributed by atoms with Gasteiger partial charge >= 0.3 is 0 Å². The molecule has 0 radical (unpaired) electrons. The number of carbonyl (C=O) groups excluding carboxylic acids is 2. The van der Waals surface area contributed by atoms with Crippen LogP contribution < -0.4 is 16.0 Å². The van der Waals surface area contributed by atoms with Gasteiger partial charge in [0, 0.05) is 19.8 Å². The molecule has 0 spiro atoms. The summed E-state index contributed by atoms with van der Waals surface area (Å²) in [6.45, 7) is 4.50. The minimum atomic E-state index is -0.574. The normalized spacial score (nSPS) is 21.4. The molecule has 0 aromatic carbocycles. The molecular formula is C14H23N5O2. The molecule has 1 aliphatic rings. The minimum Gasteiger partial charge on any atom is -0.343 e. The number of aryl methyl sites for hydroxylation is 1. The Hall–Kier alpha value is -1.89. The number of amides is 2. The van der Waals surface area contributed by atoms with E-state index in [2.05, 4.69) is 10.4 Å². The molecule has 7 heteroatoms. The van der Waals surface area contributed by atoms with Crippen LogP contribution in [-0.4, -0.2) is 40.2 Å². The van der Waals surface area contributed by atoms with Crippen LogP contribution in [0, 0.1) is 5.92 Å². The van der Waals surface area contributed by atoms with Crippen LogP contribution in [0.1, 0.15) is 26.7 Å². The van der Waals surface area contributed by atoms with Crippen LogP contribution in [0.2, 0.25) is 0 Å². The lowest BCUT2D eigenvalue weighted by Crippen LogP contribution is -2.50. The third kappa shape index (κ3) is 3.24. The van der Waals surface area contributed by atoms with Gasteiger partial charge in [0.15, 0.2) is 0 Å². The summed E-state index contributed by atoms with van der Waals surface area (Å²) in [4.78, 5) is 26.1. The van der Waals surface area contributed by atoms with Crippen LogP contribution in [-0.2, 0) is 16.6 Å². The summed E-state index contributed by atoms with van der Waals surface area (Å²) < 4.78 is 1.65. The van der Waals surface area contributed by atoms with Crippen LogP contribution in [0.4, 0.5) is 5.69 Å². The molecule has 1 aliphatic heterocycles. The summed E-state index contributed by atoms with van der Waals surface area (Å²) in [7, 11) is 1.80. The molecule has 2 amide bonds. The molecule has 21 heavy (non-hydrogen) atoms. The number of anilines is 1. The smallest absolute Gasteiger partial charge is 0.249 e. The van der Waals surface area contributed by atoms with Gasteiger partial charge in [-0.05, 0) is 12.3 Å². The number of hydrogen-bond donors (Lipinski definition) is 2. The van der Waals surface area contributed by atoms with Crippen molar-refractivity contribution in [1.29, 1.82) is 0 Å². The van der Waals surface area contributed by atoms with E-state index in [0.717, 1.165) is 12.1 Å². The minimum absolute atomic E-state index is 0.0935. The van der Waals surface area contributed by atoms with Gasteiger partial charge in [0.05, 0.1) is 17.9 Å². The first-order valence-corrected chi connectivity index (χ1v) is 7.30. The van der Waals surface area contributed by atoms with Crippen LogP contribution >= 0.6 is 0 Å². The van der Waals surface area contributed by atoms with Gasteiger partial charge < -0.3 is 16.0 Å². The molecule has 0 saturated carbocycles. The molecule has 1 aromatic rings.